The van der Waals surface area contributed by atoms with Gasteiger partial charge in [-0.1, -0.05) is 12.1 Å². The molecule has 1 heterocycles. The van der Waals surface area contributed by atoms with E-state index in [-0.39, 0.29) is 22.6 Å². The van der Waals surface area contributed by atoms with Crippen LogP contribution >= 0.6 is 0 Å². The molecule has 23 heavy (non-hydrogen) atoms. The fraction of sp³-hybridized carbons (Fsp3) is 0.250. The van der Waals surface area contributed by atoms with Gasteiger partial charge in [-0.25, -0.2) is 8.42 Å². The van der Waals surface area contributed by atoms with E-state index in [9.17, 15) is 18.0 Å². The predicted octanol–water partition coefficient (Wildman–Crippen LogP) is 2.11. The van der Waals surface area contributed by atoms with Crippen LogP contribution in [0.4, 0.5) is 0 Å². The van der Waals surface area contributed by atoms with Crippen molar-refractivity contribution < 1.29 is 18.0 Å². The van der Waals surface area contributed by atoms with Crippen LogP contribution in [0.15, 0.2) is 41.4 Å². The molecule has 1 aromatic carbocycles. The molecule has 0 aliphatic rings. The summed E-state index contributed by atoms with van der Waals surface area (Å²) in [7, 11) is -3.24. The fourth-order valence-corrected chi connectivity index (χ4v) is 2.72. The molecule has 0 spiro atoms. The lowest BCUT2D eigenvalue weighted by atomic mass is 10.1. The van der Waals surface area contributed by atoms with Crippen LogP contribution in [-0.4, -0.2) is 31.3 Å². The summed E-state index contributed by atoms with van der Waals surface area (Å²) in [6, 6.07) is 7.54. The van der Waals surface area contributed by atoms with Crippen LogP contribution < -0.4 is 5.32 Å². The zero-order chi connectivity index (χ0) is 17.2. The van der Waals surface area contributed by atoms with Gasteiger partial charge in [-0.2, -0.15) is 0 Å². The largest absolute Gasteiger partial charge is 0.356 e. The van der Waals surface area contributed by atoms with Gasteiger partial charge >= 0.3 is 0 Å². The lowest BCUT2D eigenvalue weighted by Gasteiger charge is -2.14. The summed E-state index contributed by atoms with van der Waals surface area (Å²) in [4.78, 5) is 26.4. The van der Waals surface area contributed by atoms with E-state index in [1.165, 1.54) is 31.3 Å². The number of amides is 1. The Hall–Kier alpha value is -2.41. The third-order valence-corrected chi connectivity index (χ3v) is 4.62. The molecule has 2 aromatic rings. The molecule has 7 heteroatoms. The molecule has 122 valence electrons. The Morgan fingerprint density at radius 2 is 1.78 bits per heavy atom. The van der Waals surface area contributed by atoms with Crippen LogP contribution in [0.5, 0.6) is 0 Å². The second kappa shape index (κ2) is 6.37. The maximum atomic E-state index is 12.1. The number of carbonyl (C=O) groups is 2. The molecule has 1 amide bonds. The highest BCUT2D eigenvalue weighted by atomic mass is 32.2. The van der Waals surface area contributed by atoms with Crippen LogP contribution in [0.25, 0.3) is 0 Å². The number of Topliss-reactive ketones (excluding diaryl/α,β-unsaturated/α-hetero) is 1. The number of hydrogen-bond donors (Lipinski definition) is 2. The molecule has 1 aromatic heterocycles. The van der Waals surface area contributed by atoms with Crippen LogP contribution in [0.2, 0.25) is 0 Å². The van der Waals surface area contributed by atoms with Crippen molar-refractivity contribution in [2.75, 3.05) is 6.26 Å². The minimum atomic E-state index is -3.24. The molecule has 0 saturated heterocycles. The molecular weight excluding hydrogens is 316 g/mol. The standard InChI is InChI=1S/C16H18N2O4S/c1-10(12-4-6-14(7-5-12)23(3,21)22)18-16(20)15-8-13(9-17-15)11(2)19/h4-10,17H,1-3H3,(H,18,20). The van der Waals surface area contributed by atoms with Crippen molar-refractivity contribution in [2.45, 2.75) is 24.8 Å². The number of ketones is 1. The van der Waals surface area contributed by atoms with Crippen LogP contribution in [0.3, 0.4) is 0 Å². The molecule has 6 nitrogen and oxygen atoms in total. The first-order chi connectivity index (χ1) is 10.7. The predicted molar refractivity (Wildman–Crippen MR) is 86.2 cm³/mol. The van der Waals surface area contributed by atoms with E-state index in [2.05, 4.69) is 10.3 Å². The number of aromatic nitrogens is 1. The summed E-state index contributed by atoms with van der Waals surface area (Å²) in [6.45, 7) is 3.22. The number of sulfone groups is 1. The Morgan fingerprint density at radius 3 is 2.26 bits per heavy atom. The first-order valence-corrected chi connectivity index (χ1v) is 8.88. The highest BCUT2D eigenvalue weighted by Gasteiger charge is 2.15. The number of hydrogen-bond acceptors (Lipinski definition) is 4. The summed E-state index contributed by atoms with van der Waals surface area (Å²) in [6.07, 6.45) is 2.63. The molecule has 0 aliphatic heterocycles. The van der Waals surface area contributed by atoms with Crippen LogP contribution in [-0.2, 0) is 9.84 Å². The molecular formula is C16H18N2O4S. The molecule has 0 fully saturated rings. The smallest absolute Gasteiger partial charge is 0.268 e. The lowest BCUT2D eigenvalue weighted by Crippen LogP contribution is -2.26. The monoisotopic (exact) mass is 334 g/mol. The van der Waals surface area contributed by atoms with Gasteiger partial charge in [0.25, 0.3) is 5.91 Å². The Kier molecular flexibility index (Phi) is 4.70. The topological polar surface area (TPSA) is 96.1 Å². The number of H-pyrrole nitrogens is 1. The molecule has 0 radical (unpaired) electrons. The third-order valence-electron chi connectivity index (χ3n) is 3.49. The Balaban J connectivity index is 2.10. The number of nitrogens with one attached hydrogen (secondary N) is 2. The van der Waals surface area contributed by atoms with Crippen LogP contribution in [0, 0.1) is 0 Å². The molecule has 1 atom stereocenters. The van der Waals surface area contributed by atoms with E-state index >= 15 is 0 Å². The molecule has 2 N–H and O–H groups in total. The summed E-state index contributed by atoms with van der Waals surface area (Å²) in [5, 5.41) is 2.79. The number of carbonyl (C=O) groups excluding carboxylic acids is 2. The Bertz CT molecular complexity index is 835. The average molecular weight is 334 g/mol. The highest BCUT2D eigenvalue weighted by molar-refractivity contribution is 7.90. The van der Waals surface area contributed by atoms with Gasteiger partial charge < -0.3 is 10.3 Å². The summed E-state index contributed by atoms with van der Waals surface area (Å²) in [5.74, 6) is -0.457. The summed E-state index contributed by atoms with van der Waals surface area (Å²) in [5.41, 5.74) is 1.53. The van der Waals surface area contributed by atoms with Crippen molar-refractivity contribution in [3.63, 3.8) is 0 Å². The van der Waals surface area contributed by atoms with E-state index in [1.807, 2.05) is 0 Å². The van der Waals surface area contributed by atoms with Gasteiger partial charge in [0.15, 0.2) is 15.6 Å². The minimum absolute atomic E-state index is 0.121. The van der Waals surface area contributed by atoms with Crippen molar-refractivity contribution in [3.8, 4) is 0 Å². The molecule has 0 bridgehead atoms. The quantitative estimate of drug-likeness (QED) is 0.819. The van der Waals surface area contributed by atoms with E-state index in [4.69, 9.17) is 0 Å². The fourth-order valence-electron chi connectivity index (χ4n) is 2.09. The maximum Gasteiger partial charge on any atom is 0.268 e. The van der Waals surface area contributed by atoms with E-state index in [1.54, 1.807) is 19.1 Å². The lowest BCUT2D eigenvalue weighted by molar-refractivity contribution is 0.0935. The first-order valence-electron chi connectivity index (χ1n) is 6.98. The zero-order valence-electron chi connectivity index (χ0n) is 13.1. The van der Waals surface area contributed by atoms with E-state index in [0.717, 1.165) is 11.8 Å². The van der Waals surface area contributed by atoms with Gasteiger partial charge in [0.2, 0.25) is 0 Å². The van der Waals surface area contributed by atoms with Crippen molar-refractivity contribution in [3.05, 3.63) is 53.3 Å². The maximum absolute atomic E-state index is 12.1. The summed E-state index contributed by atoms with van der Waals surface area (Å²) < 4.78 is 22.9. The number of rotatable bonds is 5. The van der Waals surface area contributed by atoms with Crippen molar-refractivity contribution >= 4 is 21.5 Å². The Morgan fingerprint density at radius 1 is 1.17 bits per heavy atom. The van der Waals surface area contributed by atoms with Gasteiger partial charge in [-0.15, -0.1) is 0 Å². The van der Waals surface area contributed by atoms with E-state index < -0.39 is 9.84 Å². The number of benzene rings is 1. The van der Waals surface area contributed by atoms with E-state index in [0.29, 0.717) is 11.3 Å². The van der Waals surface area contributed by atoms with Gasteiger partial charge in [-0.05, 0) is 37.6 Å². The summed E-state index contributed by atoms with van der Waals surface area (Å²) >= 11 is 0. The second-order valence-electron chi connectivity index (χ2n) is 5.39. The zero-order valence-corrected chi connectivity index (χ0v) is 13.9. The number of aromatic amines is 1. The van der Waals surface area contributed by atoms with Gasteiger partial charge in [0.05, 0.1) is 10.9 Å². The van der Waals surface area contributed by atoms with Gasteiger partial charge in [-0.3, -0.25) is 9.59 Å². The highest BCUT2D eigenvalue weighted by Crippen LogP contribution is 2.17. The second-order valence-corrected chi connectivity index (χ2v) is 7.41. The normalized spacial score (nSPS) is 12.7. The minimum Gasteiger partial charge on any atom is -0.356 e. The molecule has 0 aliphatic carbocycles. The SMILES string of the molecule is CC(=O)c1c[nH]c(C(=O)NC(C)c2ccc(S(C)(=O)=O)cc2)c1. The van der Waals surface area contributed by atoms with Crippen molar-refractivity contribution in [1.82, 2.24) is 10.3 Å². The Labute approximate surface area is 134 Å². The molecule has 1 unspecified atom stereocenters. The van der Waals surface area contributed by atoms with Crippen LogP contribution in [0.1, 0.15) is 46.3 Å². The average Bonchev–Trinajstić information content (AvgIpc) is 2.96. The molecule has 0 saturated carbocycles. The van der Waals surface area contributed by atoms with Crippen molar-refractivity contribution in [1.29, 1.82) is 0 Å². The van der Waals surface area contributed by atoms with Gasteiger partial charge in [0, 0.05) is 18.0 Å². The van der Waals surface area contributed by atoms with Crippen molar-refractivity contribution in [2.24, 2.45) is 0 Å². The van der Waals surface area contributed by atoms with Gasteiger partial charge in [0.1, 0.15) is 5.69 Å². The first kappa shape index (κ1) is 17.0. The molecule has 2 rings (SSSR count). The third kappa shape index (κ3) is 4.07.